The van der Waals surface area contributed by atoms with Crippen LogP contribution in [0.15, 0.2) is 42.5 Å². The molecule has 5 nitrogen and oxygen atoms in total. The summed E-state index contributed by atoms with van der Waals surface area (Å²) in [7, 11) is 1.60. The predicted molar refractivity (Wildman–Crippen MR) is 110 cm³/mol. The van der Waals surface area contributed by atoms with Crippen molar-refractivity contribution in [3.05, 3.63) is 59.3 Å². The quantitative estimate of drug-likeness (QED) is 0.722. The standard InChI is InChI=1S/C23H26N2O3/c1-15(2)16-8-9-19-17(12-16)18-13-25(11-10-20(18)24-19)23(26)14-28-22-7-5-4-6-21(22)27-3/h4-9,12,15,24H,10-11,13-14H2,1-3H3. The lowest BCUT2D eigenvalue weighted by Gasteiger charge is -2.27. The van der Waals surface area contributed by atoms with E-state index in [0.29, 0.717) is 30.5 Å². The number of carbonyl (C=O) groups excluding carboxylic acids is 1. The number of aromatic amines is 1. The second kappa shape index (κ2) is 7.58. The van der Waals surface area contributed by atoms with E-state index in [9.17, 15) is 4.79 Å². The fraction of sp³-hybridized carbons (Fsp3) is 0.348. The molecule has 1 aliphatic heterocycles. The molecule has 0 spiro atoms. The Labute approximate surface area is 165 Å². The minimum Gasteiger partial charge on any atom is -0.493 e. The third kappa shape index (κ3) is 3.44. The van der Waals surface area contributed by atoms with Crippen LogP contribution < -0.4 is 9.47 Å². The van der Waals surface area contributed by atoms with E-state index in [0.717, 1.165) is 11.9 Å². The zero-order valence-electron chi connectivity index (χ0n) is 16.6. The third-order valence-electron chi connectivity index (χ3n) is 5.44. The van der Waals surface area contributed by atoms with Gasteiger partial charge in [0.1, 0.15) is 0 Å². The van der Waals surface area contributed by atoms with Gasteiger partial charge in [-0.3, -0.25) is 4.79 Å². The van der Waals surface area contributed by atoms with E-state index in [1.54, 1.807) is 7.11 Å². The van der Waals surface area contributed by atoms with E-state index in [-0.39, 0.29) is 12.5 Å². The van der Waals surface area contributed by atoms with Crippen molar-refractivity contribution in [2.24, 2.45) is 0 Å². The second-order valence-electron chi connectivity index (χ2n) is 7.55. The Kier molecular flexibility index (Phi) is 4.99. The van der Waals surface area contributed by atoms with Crippen molar-refractivity contribution in [2.45, 2.75) is 32.7 Å². The van der Waals surface area contributed by atoms with Crippen molar-refractivity contribution in [2.75, 3.05) is 20.3 Å². The van der Waals surface area contributed by atoms with Crippen molar-refractivity contribution in [1.82, 2.24) is 9.88 Å². The molecule has 0 unspecified atom stereocenters. The van der Waals surface area contributed by atoms with Crippen molar-refractivity contribution in [3.8, 4) is 11.5 Å². The molecule has 1 amide bonds. The van der Waals surface area contributed by atoms with E-state index in [1.807, 2.05) is 29.2 Å². The highest BCUT2D eigenvalue weighted by Gasteiger charge is 2.24. The monoisotopic (exact) mass is 378 g/mol. The van der Waals surface area contributed by atoms with Gasteiger partial charge in [-0.1, -0.05) is 32.0 Å². The Morgan fingerprint density at radius 1 is 1.18 bits per heavy atom. The SMILES string of the molecule is COc1ccccc1OCC(=O)N1CCc2[nH]c3ccc(C(C)C)cc3c2C1. The summed E-state index contributed by atoms with van der Waals surface area (Å²) in [5.41, 5.74) is 4.94. The first-order valence-electron chi connectivity index (χ1n) is 9.73. The van der Waals surface area contributed by atoms with Crippen LogP contribution >= 0.6 is 0 Å². The molecule has 2 aromatic carbocycles. The number of amides is 1. The molecule has 5 heteroatoms. The molecule has 0 aliphatic carbocycles. The largest absolute Gasteiger partial charge is 0.493 e. The average molecular weight is 378 g/mol. The maximum absolute atomic E-state index is 12.8. The Bertz CT molecular complexity index is 1010. The first-order chi connectivity index (χ1) is 13.6. The predicted octanol–water partition coefficient (Wildman–Crippen LogP) is 4.26. The molecular weight excluding hydrogens is 352 g/mol. The van der Waals surface area contributed by atoms with Gasteiger partial charge in [-0.05, 0) is 35.7 Å². The maximum Gasteiger partial charge on any atom is 0.260 e. The van der Waals surface area contributed by atoms with Gasteiger partial charge in [0.05, 0.1) is 7.11 Å². The summed E-state index contributed by atoms with van der Waals surface area (Å²) >= 11 is 0. The summed E-state index contributed by atoms with van der Waals surface area (Å²) < 4.78 is 11.0. The summed E-state index contributed by atoms with van der Waals surface area (Å²) in [6.45, 7) is 5.72. The van der Waals surface area contributed by atoms with Gasteiger partial charge in [0.15, 0.2) is 18.1 Å². The van der Waals surface area contributed by atoms with E-state index >= 15 is 0 Å². The molecule has 0 atom stereocenters. The number of nitrogens with zero attached hydrogens (tertiary/aromatic N) is 1. The highest BCUT2D eigenvalue weighted by atomic mass is 16.5. The summed E-state index contributed by atoms with van der Waals surface area (Å²) in [5, 5.41) is 1.23. The number of ether oxygens (including phenoxy) is 2. The van der Waals surface area contributed by atoms with Crippen LogP contribution in [0.3, 0.4) is 0 Å². The van der Waals surface area contributed by atoms with Crippen molar-refractivity contribution >= 4 is 16.8 Å². The number of hydrogen-bond acceptors (Lipinski definition) is 3. The average Bonchev–Trinajstić information content (AvgIpc) is 3.09. The number of aromatic nitrogens is 1. The van der Waals surface area contributed by atoms with Gasteiger partial charge in [0, 0.05) is 41.7 Å². The number of para-hydroxylation sites is 2. The highest BCUT2D eigenvalue weighted by Crippen LogP contribution is 2.31. The lowest BCUT2D eigenvalue weighted by atomic mass is 9.98. The van der Waals surface area contributed by atoms with Gasteiger partial charge < -0.3 is 19.4 Å². The molecule has 0 radical (unpaired) electrons. The Morgan fingerprint density at radius 2 is 1.96 bits per heavy atom. The number of benzene rings is 2. The van der Waals surface area contributed by atoms with Crippen LogP contribution in [0.4, 0.5) is 0 Å². The molecule has 1 aromatic heterocycles. The van der Waals surface area contributed by atoms with Gasteiger partial charge in [0.25, 0.3) is 5.91 Å². The zero-order chi connectivity index (χ0) is 19.7. The van der Waals surface area contributed by atoms with E-state index in [1.165, 1.54) is 22.2 Å². The third-order valence-corrected chi connectivity index (χ3v) is 5.44. The van der Waals surface area contributed by atoms with Gasteiger partial charge in [-0.2, -0.15) is 0 Å². The topological polar surface area (TPSA) is 54.6 Å². The Morgan fingerprint density at radius 3 is 2.71 bits per heavy atom. The molecule has 146 valence electrons. The normalized spacial score (nSPS) is 13.6. The Hall–Kier alpha value is -2.95. The lowest BCUT2D eigenvalue weighted by molar-refractivity contribution is -0.134. The van der Waals surface area contributed by atoms with Gasteiger partial charge in [0.2, 0.25) is 0 Å². The van der Waals surface area contributed by atoms with E-state index < -0.39 is 0 Å². The fourth-order valence-corrected chi connectivity index (χ4v) is 3.77. The molecule has 0 saturated carbocycles. The number of methoxy groups -OCH3 is 1. The highest BCUT2D eigenvalue weighted by molar-refractivity contribution is 5.87. The fourth-order valence-electron chi connectivity index (χ4n) is 3.77. The van der Waals surface area contributed by atoms with Crippen molar-refractivity contribution < 1.29 is 14.3 Å². The van der Waals surface area contributed by atoms with E-state index in [4.69, 9.17) is 9.47 Å². The van der Waals surface area contributed by atoms with Crippen LogP contribution in [0.1, 0.15) is 36.6 Å². The number of hydrogen-bond donors (Lipinski definition) is 1. The Balaban J connectivity index is 1.50. The minimum absolute atomic E-state index is 0.00841. The molecule has 1 N–H and O–H groups in total. The van der Waals surface area contributed by atoms with Crippen molar-refractivity contribution in [3.63, 3.8) is 0 Å². The molecule has 0 fully saturated rings. The van der Waals surface area contributed by atoms with Gasteiger partial charge in [-0.25, -0.2) is 0 Å². The summed E-state index contributed by atoms with van der Waals surface area (Å²) in [6, 6.07) is 14.0. The van der Waals surface area contributed by atoms with Crippen LogP contribution in [-0.4, -0.2) is 36.1 Å². The molecular formula is C23H26N2O3. The van der Waals surface area contributed by atoms with Crippen LogP contribution in [-0.2, 0) is 17.8 Å². The molecule has 0 bridgehead atoms. The number of rotatable bonds is 5. The van der Waals surface area contributed by atoms with Crippen LogP contribution in [0.5, 0.6) is 11.5 Å². The lowest BCUT2D eigenvalue weighted by Crippen LogP contribution is -2.38. The summed E-state index contributed by atoms with van der Waals surface area (Å²) in [6.07, 6.45) is 0.835. The van der Waals surface area contributed by atoms with Gasteiger partial charge in [-0.15, -0.1) is 0 Å². The second-order valence-corrected chi connectivity index (χ2v) is 7.55. The first-order valence-corrected chi connectivity index (χ1v) is 9.73. The number of H-pyrrole nitrogens is 1. The molecule has 3 aromatic rings. The molecule has 0 saturated heterocycles. The van der Waals surface area contributed by atoms with Crippen LogP contribution in [0.25, 0.3) is 10.9 Å². The number of fused-ring (bicyclic) bond motifs is 3. The maximum atomic E-state index is 12.8. The first kappa shape index (κ1) is 18.4. The van der Waals surface area contributed by atoms with E-state index in [2.05, 4.69) is 37.0 Å². The van der Waals surface area contributed by atoms with Gasteiger partial charge >= 0.3 is 0 Å². The molecule has 28 heavy (non-hydrogen) atoms. The zero-order valence-corrected chi connectivity index (χ0v) is 16.6. The van der Waals surface area contributed by atoms with Crippen LogP contribution in [0, 0.1) is 0 Å². The van der Waals surface area contributed by atoms with Crippen LogP contribution in [0.2, 0.25) is 0 Å². The summed E-state index contributed by atoms with van der Waals surface area (Å²) in [5.74, 6) is 1.69. The smallest absolute Gasteiger partial charge is 0.260 e. The number of carbonyl (C=O) groups is 1. The number of nitrogens with one attached hydrogen (secondary N) is 1. The molecule has 1 aliphatic rings. The molecule has 4 rings (SSSR count). The summed E-state index contributed by atoms with van der Waals surface area (Å²) in [4.78, 5) is 18.2. The molecule has 2 heterocycles. The van der Waals surface area contributed by atoms with Crippen molar-refractivity contribution in [1.29, 1.82) is 0 Å². The minimum atomic E-state index is -0.00841.